The van der Waals surface area contributed by atoms with Crippen molar-refractivity contribution in [1.82, 2.24) is 14.9 Å². The third-order valence-electron chi connectivity index (χ3n) is 5.25. The fourth-order valence-corrected chi connectivity index (χ4v) is 3.53. The van der Waals surface area contributed by atoms with Gasteiger partial charge in [-0.15, -0.1) is 0 Å². The number of hydrogen-bond donors (Lipinski definition) is 1. The number of amides is 1. The quantitative estimate of drug-likeness (QED) is 0.487. The molecule has 7 nitrogen and oxygen atoms in total. The average Bonchev–Trinajstić information content (AvgIpc) is 2.85. The number of carbonyl (C=O) groups is 1. The molecular weight excluding hydrogens is 406 g/mol. The molecule has 3 aromatic carbocycles. The third-order valence-corrected chi connectivity index (χ3v) is 5.25. The molecule has 1 amide bonds. The number of carbonyl (C=O) groups excluding carboxylic acids is 1. The summed E-state index contributed by atoms with van der Waals surface area (Å²) < 4.78 is 11.8. The first-order valence-corrected chi connectivity index (χ1v) is 10.1. The Morgan fingerprint density at radius 3 is 2.03 bits per heavy atom. The van der Waals surface area contributed by atoms with Gasteiger partial charge in [0.1, 0.15) is 18.0 Å². The fraction of sp³-hybridized carbons (Fsp3) is 0.160. The molecule has 4 rings (SSSR count). The average molecular weight is 429 g/mol. The lowest BCUT2D eigenvalue weighted by molar-refractivity contribution is -0.122. The van der Waals surface area contributed by atoms with Gasteiger partial charge in [-0.1, -0.05) is 36.4 Å². The summed E-state index contributed by atoms with van der Waals surface area (Å²) in [7, 11) is 3.21. The highest BCUT2D eigenvalue weighted by Crippen LogP contribution is 2.26. The van der Waals surface area contributed by atoms with E-state index in [1.165, 1.54) is 10.9 Å². The zero-order valence-electron chi connectivity index (χ0n) is 17.8. The molecule has 7 heteroatoms. The summed E-state index contributed by atoms with van der Waals surface area (Å²) >= 11 is 0. The summed E-state index contributed by atoms with van der Waals surface area (Å²) in [5.41, 5.74) is 2.11. The molecule has 1 heterocycles. The molecule has 0 aliphatic heterocycles. The van der Waals surface area contributed by atoms with Crippen molar-refractivity contribution in [3.05, 3.63) is 101 Å². The number of hydrogen-bond acceptors (Lipinski definition) is 5. The molecule has 0 fully saturated rings. The molecule has 1 aromatic heterocycles. The molecule has 0 saturated carbocycles. The monoisotopic (exact) mass is 429 g/mol. The van der Waals surface area contributed by atoms with Crippen LogP contribution in [-0.2, 0) is 11.3 Å². The first kappa shape index (κ1) is 21.1. The summed E-state index contributed by atoms with van der Waals surface area (Å²) in [6, 6.07) is 21.6. The molecule has 1 N–H and O–H groups in total. The minimum absolute atomic E-state index is 0.139. The summed E-state index contributed by atoms with van der Waals surface area (Å²) in [5.74, 6) is 1.14. The van der Waals surface area contributed by atoms with E-state index >= 15 is 0 Å². The Labute approximate surface area is 185 Å². The Kier molecular flexibility index (Phi) is 6.17. The maximum absolute atomic E-state index is 13.0. The van der Waals surface area contributed by atoms with Crippen LogP contribution in [-0.4, -0.2) is 29.7 Å². The maximum Gasteiger partial charge on any atom is 0.261 e. The van der Waals surface area contributed by atoms with Crippen molar-refractivity contribution in [2.45, 2.75) is 12.6 Å². The van der Waals surface area contributed by atoms with Crippen LogP contribution >= 0.6 is 0 Å². The Morgan fingerprint density at radius 2 is 1.47 bits per heavy atom. The minimum atomic E-state index is -0.413. The normalized spacial score (nSPS) is 10.8. The molecular formula is C25H23N3O4. The number of rotatable bonds is 7. The molecule has 0 unspecified atom stereocenters. The van der Waals surface area contributed by atoms with E-state index in [0.717, 1.165) is 22.6 Å². The molecule has 162 valence electrons. The molecule has 0 atom stereocenters. The fourth-order valence-electron chi connectivity index (χ4n) is 3.53. The van der Waals surface area contributed by atoms with E-state index in [0.29, 0.717) is 10.9 Å². The van der Waals surface area contributed by atoms with Crippen LogP contribution in [0.25, 0.3) is 10.9 Å². The highest BCUT2D eigenvalue weighted by Gasteiger charge is 2.18. The zero-order valence-corrected chi connectivity index (χ0v) is 17.8. The van der Waals surface area contributed by atoms with Gasteiger partial charge in [-0.2, -0.15) is 0 Å². The van der Waals surface area contributed by atoms with Gasteiger partial charge < -0.3 is 14.8 Å². The Morgan fingerprint density at radius 1 is 0.906 bits per heavy atom. The molecule has 0 aliphatic rings. The summed E-state index contributed by atoms with van der Waals surface area (Å²) in [6.45, 7) is -0.139. The van der Waals surface area contributed by atoms with Crippen molar-refractivity contribution in [2.24, 2.45) is 0 Å². The number of para-hydroxylation sites is 1. The van der Waals surface area contributed by atoms with Crippen LogP contribution in [0.3, 0.4) is 0 Å². The summed E-state index contributed by atoms with van der Waals surface area (Å²) in [4.78, 5) is 30.0. The van der Waals surface area contributed by atoms with E-state index in [4.69, 9.17) is 9.47 Å². The predicted molar refractivity (Wildman–Crippen MR) is 122 cm³/mol. The Bertz CT molecular complexity index is 1230. The number of nitrogens with zero attached hydrogens (tertiary/aromatic N) is 2. The number of fused-ring (bicyclic) bond motifs is 1. The van der Waals surface area contributed by atoms with Crippen LogP contribution < -0.4 is 20.3 Å². The van der Waals surface area contributed by atoms with E-state index in [1.807, 2.05) is 54.6 Å². The molecule has 0 radical (unpaired) electrons. The van der Waals surface area contributed by atoms with E-state index < -0.39 is 6.04 Å². The second-order valence-electron chi connectivity index (χ2n) is 7.24. The van der Waals surface area contributed by atoms with Gasteiger partial charge in [0.05, 0.1) is 37.5 Å². The largest absolute Gasteiger partial charge is 0.497 e. The lowest BCUT2D eigenvalue weighted by atomic mass is 9.98. The number of ether oxygens (including phenoxy) is 2. The van der Waals surface area contributed by atoms with Crippen LogP contribution in [0, 0.1) is 0 Å². The Balaban J connectivity index is 1.61. The van der Waals surface area contributed by atoms with Crippen molar-refractivity contribution in [2.75, 3.05) is 14.2 Å². The van der Waals surface area contributed by atoms with Crippen molar-refractivity contribution in [3.8, 4) is 11.5 Å². The van der Waals surface area contributed by atoms with Crippen LogP contribution in [0.2, 0.25) is 0 Å². The third kappa shape index (κ3) is 4.46. The van der Waals surface area contributed by atoms with E-state index in [2.05, 4.69) is 10.3 Å². The summed E-state index contributed by atoms with van der Waals surface area (Å²) in [5, 5.41) is 3.52. The second-order valence-corrected chi connectivity index (χ2v) is 7.24. The highest BCUT2D eigenvalue weighted by atomic mass is 16.5. The van der Waals surface area contributed by atoms with Crippen molar-refractivity contribution in [1.29, 1.82) is 0 Å². The molecule has 32 heavy (non-hydrogen) atoms. The smallest absolute Gasteiger partial charge is 0.261 e. The topological polar surface area (TPSA) is 82.5 Å². The first-order chi connectivity index (χ1) is 15.6. The molecule has 4 aromatic rings. The number of methoxy groups -OCH3 is 2. The van der Waals surface area contributed by atoms with E-state index in [9.17, 15) is 9.59 Å². The maximum atomic E-state index is 13.0. The van der Waals surface area contributed by atoms with Gasteiger partial charge in [-0.3, -0.25) is 14.2 Å². The van der Waals surface area contributed by atoms with Gasteiger partial charge in [-0.25, -0.2) is 4.98 Å². The SMILES string of the molecule is COc1ccc(C(NC(=O)Cn2cnc3ccccc3c2=O)c2ccc(OC)cc2)cc1. The van der Waals surface area contributed by atoms with Crippen LogP contribution in [0.1, 0.15) is 17.2 Å². The molecule has 0 saturated heterocycles. The van der Waals surface area contributed by atoms with Crippen LogP contribution in [0.4, 0.5) is 0 Å². The molecule has 0 bridgehead atoms. The summed E-state index contributed by atoms with van der Waals surface area (Å²) in [6.07, 6.45) is 1.40. The van der Waals surface area contributed by atoms with Gasteiger partial charge in [0, 0.05) is 0 Å². The molecule has 0 spiro atoms. The standard InChI is InChI=1S/C25H23N3O4/c1-31-19-11-7-17(8-12-19)24(18-9-13-20(32-2)14-10-18)27-23(29)15-28-16-26-22-6-4-3-5-21(22)25(28)30/h3-14,16,24H,15H2,1-2H3,(H,27,29). The number of benzene rings is 3. The van der Waals surface area contributed by atoms with E-state index in [-0.39, 0.29) is 18.0 Å². The predicted octanol–water partition coefficient (Wildman–Crippen LogP) is 3.32. The first-order valence-electron chi connectivity index (χ1n) is 10.1. The van der Waals surface area contributed by atoms with Gasteiger partial charge in [-0.05, 0) is 47.5 Å². The lowest BCUT2D eigenvalue weighted by Crippen LogP contribution is -2.35. The highest BCUT2D eigenvalue weighted by molar-refractivity contribution is 5.79. The van der Waals surface area contributed by atoms with Gasteiger partial charge in [0.2, 0.25) is 5.91 Å². The van der Waals surface area contributed by atoms with Crippen LogP contribution in [0.5, 0.6) is 11.5 Å². The van der Waals surface area contributed by atoms with Crippen molar-refractivity contribution < 1.29 is 14.3 Å². The van der Waals surface area contributed by atoms with E-state index in [1.54, 1.807) is 32.4 Å². The van der Waals surface area contributed by atoms with Crippen molar-refractivity contribution in [3.63, 3.8) is 0 Å². The number of aromatic nitrogens is 2. The van der Waals surface area contributed by atoms with Crippen LogP contribution in [0.15, 0.2) is 83.9 Å². The van der Waals surface area contributed by atoms with Gasteiger partial charge in [0.15, 0.2) is 0 Å². The number of nitrogens with one attached hydrogen (secondary N) is 1. The van der Waals surface area contributed by atoms with Crippen molar-refractivity contribution >= 4 is 16.8 Å². The second kappa shape index (κ2) is 9.34. The van der Waals surface area contributed by atoms with Gasteiger partial charge >= 0.3 is 0 Å². The minimum Gasteiger partial charge on any atom is -0.497 e. The van der Waals surface area contributed by atoms with Gasteiger partial charge in [0.25, 0.3) is 5.56 Å². The Hall–Kier alpha value is -4.13. The molecule has 0 aliphatic carbocycles. The zero-order chi connectivity index (χ0) is 22.5. The lowest BCUT2D eigenvalue weighted by Gasteiger charge is -2.21.